The maximum atomic E-state index is 13.6. The number of hydrogen-bond acceptors (Lipinski definition) is 3. The molecule has 0 aliphatic heterocycles. The van der Waals surface area contributed by atoms with E-state index >= 15 is 0 Å². The number of rotatable bonds is 4. The van der Waals surface area contributed by atoms with Crippen LogP contribution in [0.25, 0.3) is 0 Å². The van der Waals surface area contributed by atoms with Gasteiger partial charge in [-0.3, -0.25) is 4.79 Å². The molecule has 0 saturated carbocycles. The average molecular weight is 309 g/mol. The van der Waals surface area contributed by atoms with Crippen molar-refractivity contribution in [3.8, 4) is 0 Å². The molecule has 0 aliphatic rings. The van der Waals surface area contributed by atoms with Gasteiger partial charge in [-0.1, -0.05) is 29.8 Å². The van der Waals surface area contributed by atoms with Gasteiger partial charge in [-0.15, -0.1) is 0 Å². The zero-order chi connectivity index (χ0) is 15.4. The predicted octanol–water partition coefficient (Wildman–Crippen LogP) is 2.61. The fourth-order valence-electron chi connectivity index (χ4n) is 1.83. The molecular weight excluding hydrogens is 295 g/mol. The number of benzene rings is 2. The maximum Gasteiger partial charge on any atom is 0.257 e. The minimum absolute atomic E-state index is 0.0746. The van der Waals surface area contributed by atoms with Crippen molar-refractivity contribution < 1.29 is 14.3 Å². The molecular formula is C15H14ClFN2O2. The molecule has 21 heavy (non-hydrogen) atoms. The number of carbonyl (C=O) groups excluding carboxylic acids is 1. The number of aliphatic hydroxyl groups excluding tert-OH is 1. The van der Waals surface area contributed by atoms with E-state index < -0.39 is 17.8 Å². The van der Waals surface area contributed by atoms with Gasteiger partial charge in [0, 0.05) is 22.8 Å². The van der Waals surface area contributed by atoms with Crippen LogP contribution in [-0.4, -0.2) is 11.0 Å². The Morgan fingerprint density at radius 3 is 2.71 bits per heavy atom. The molecule has 0 saturated heterocycles. The Morgan fingerprint density at radius 1 is 1.33 bits per heavy atom. The summed E-state index contributed by atoms with van der Waals surface area (Å²) in [6, 6.07) is 10.5. The number of halogens is 2. The number of carbonyl (C=O) groups is 1. The molecule has 1 unspecified atom stereocenters. The van der Waals surface area contributed by atoms with Gasteiger partial charge in [0.25, 0.3) is 5.91 Å². The fraction of sp³-hybridized carbons (Fsp3) is 0.133. The quantitative estimate of drug-likeness (QED) is 0.812. The van der Waals surface area contributed by atoms with Crippen molar-refractivity contribution in [3.05, 3.63) is 64.4 Å². The van der Waals surface area contributed by atoms with Gasteiger partial charge < -0.3 is 16.2 Å². The molecule has 4 nitrogen and oxygen atoms in total. The van der Waals surface area contributed by atoms with Gasteiger partial charge in [0.1, 0.15) is 5.82 Å². The Balaban J connectivity index is 2.12. The van der Waals surface area contributed by atoms with Crippen LogP contribution in [0, 0.1) is 5.82 Å². The molecule has 2 aromatic rings. The lowest BCUT2D eigenvalue weighted by molar-refractivity contribution is -0.124. The largest absolute Gasteiger partial charge is 0.378 e. The molecule has 4 N–H and O–H groups in total. The lowest BCUT2D eigenvalue weighted by Crippen LogP contribution is -2.21. The zero-order valence-electron chi connectivity index (χ0n) is 11.0. The molecule has 110 valence electrons. The lowest BCUT2D eigenvalue weighted by atomic mass is 10.1. The van der Waals surface area contributed by atoms with Crippen LogP contribution in [0.1, 0.15) is 17.2 Å². The summed E-state index contributed by atoms with van der Waals surface area (Å²) in [5.41, 5.74) is 6.32. The molecule has 0 aliphatic carbocycles. The molecule has 0 fully saturated rings. The Bertz CT molecular complexity index is 664. The van der Waals surface area contributed by atoms with E-state index in [-0.39, 0.29) is 12.2 Å². The third kappa shape index (κ3) is 3.78. The van der Waals surface area contributed by atoms with Crippen LogP contribution in [0.2, 0.25) is 5.02 Å². The van der Waals surface area contributed by atoms with E-state index in [0.717, 1.165) is 6.07 Å². The lowest BCUT2D eigenvalue weighted by Gasteiger charge is -2.12. The van der Waals surface area contributed by atoms with E-state index in [1.807, 2.05) is 0 Å². The summed E-state index contributed by atoms with van der Waals surface area (Å²) in [5.74, 6) is -1.18. The highest BCUT2D eigenvalue weighted by molar-refractivity contribution is 6.30. The van der Waals surface area contributed by atoms with Crippen molar-refractivity contribution >= 4 is 23.2 Å². The first-order valence-electron chi connectivity index (χ1n) is 6.24. The molecule has 6 heteroatoms. The van der Waals surface area contributed by atoms with E-state index in [1.165, 1.54) is 18.2 Å². The van der Waals surface area contributed by atoms with Crippen molar-refractivity contribution in [2.45, 2.75) is 12.6 Å². The normalized spacial score (nSPS) is 12.0. The van der Waals surface area contributed by atoms with Crippen LogP contribution < -0.4 is 11.1 Å². The molecule has 0 heterocycles. The Kier molecular flexibility index (Phi) is 4.90. The van der Waals surface area contributed by atoms with E-state index in [4.69, 9.17) is 17.3 Å². The van der Waals surface area contributed by atoms with E-state index in [1.54, 1.807) is 18.2 Å². The van der Waals surface area contributed by atoms with E-state index in [0.29, 0.717) is 16.1 Å². The molecule has 2 aromatic carbocycles. The second-order valence-electron chi connectivity index (χ2n) is 4.46. The predicted molar refractivity (Wildman–Crippen MR) is 79.3 cm³/mol. The molecule has 0 spiro atoms. The molecule has 1 atom stereocenters. The standard InChI is InChI=1S/C15H14ClFN2O2/c16-11-3-1-2-9(6-11)14(20)15(21)19-12-5-4-10(8-18)13(17)7-12/h1-7,14,20H,8,18H2,(H,19,21). The summed E-state index contributed by atoms with van der Waals surface area (Å²) in [7, 11) is 0. The second-order valence-corrected chi connectivity index (χ2v) is 4.89. The summed E-state index contributed by atoms with van der Waals surface area (Å²) < 4.78 is 13.6. The first-order chi connectivity index (χ1) is 10.0. The number of nitrogens with two attached hydrogens (primary N) is 1. The zero-order valence-corrected chi connectivity index (χ0v) is 11.8. The van der Waals surface area contributed by atoms with Crippen LogP contribution in [-0.2, 0) is 11.3 Å². The number of hydrogen-bond donors (Lipinski definition) is 3. The minimum atomic E-state index is -1.39. The summed E-state index contributed by atoms with van der Waals surface area (Å²) in [4.78, 5) is 11.9. The maximum absolute atomic E-state index is 13.6. The highest BCUT2D eigenvalue weighted by atomic mass is 35.5. The molecule has 0 radical (unpaired) electrons. The first kappa shape index (κ1) is 15.4. The van der Waals surface area contributed by atoms with Crippen LogP contribution in [0.3, 0.4) is 0 Å². The third-order valence-corrected chi connectivity index (χ3v) is 3.19. The number of amides is 1. The van der Waals surface area contributed by atoms with Gasteiger partial charge in [-0.05, 0) is 29.8 Å². The van der Waals surface area contributed by atoms with Crippen molar-refractivity contribution in [3.63, 3.8) is 0 Å². The molecule has 2 rings (SSSR count). The average Bonchev–Trinajstić information content (AvgIpc) is 2.46. The van der Waals surface area contributed by atoms with E-state index in [9.17, 15) is 14.3 Å². The highest BCUT2D eigenvalue weighted by Gasteiger charge is 2.18. The summed E-state index contributed by atoms with van der Waals surface area (Å²) in [6.45, 7) is 0.0746. The van der Waals surface area contributed by atoms with Gasteiger partial charge in [0.05, 0.1) is 0 Å². The van der Waals surface area contributed by atoms with Crippen molar-refractivity contribution in [2.75, 3.05) is 5.32 Å². The molecule has 0 aromatic heterocycles. The number of anilines is 1. The van der Waals surface area contributed by atoms with E-state index in [2.05, 4.69) is 5.32 Å². The van der Waals surface area contributed by atoms with Crippen molar-refractivity contribution in [2.24, 2.45) is 5.73 Å². The molecule has 0 bridgehead atoms. The fourth-order valence-corrected chi connectivity index (χ4v) is 2.03. The second kappa shape index (κ2) is 6.67. The van der Waals surface area contributed by atoms with Crippen molar-refractivity contribution in [1.29, 1.82) is 0 Å². The Morgan fingerprint density at radius 2 is 2.10 bits per heavy atom. The van der Waals surface area contributed by atoms with Gasteiger partial charge >= 0.3 is 0 Å². The van der Waals surface area contributed by atoms with Gasteiger partial charge in [0.2, 0.25) is 0 Å². The topological polar surface area (TPSA) is 75.3 Å². The van der Waals surface area contributed by atoms with Crippen molar-refractivity contribution in [1.82, 2.24) is 0 Å². The highest BCUT2D eigenvalue weighted by Crippen LogP contribution is 2.20. The smallest absolute Gasteiger partial charge is 0.257 e. The molecule has 1 amide bonds. The summed E-state index contributed by atoms with van der Waals surface area (Å²) >= 11 is 5.80. The minimum Gasteiger partial charge on any atom is -0.378 e. The number of nitrogens with one attached hydrogen (secondary N) is 1. The Labute approximate surface area is 126 Å². The Hall–Kier alpha value is -1.95. The number of aliphatic hydroxyl groups is 1. The summed E-state index contributed by atoms with van der Waals surface area (Å²) in [5, 5.41) is 12.8. The SMILES string of the molecule is NCc1ccc(NC(=O)C(O)c2cccc(Cl)c2)cc1F. The third-order valence-electron chi connectivity index (χ3n) is 2.95. The van der Waals surface area contributed by atoms with Gasteiger partial charge in [0.15, 0.2) is 6.10 Å². The van der Waals surface area contributed by atoms with Crippen LogP contribution >= 0.6 is 11.6 Å². The van der Waals surface area contributed by atoms with Gasteiger partial charge in [-0.2, -0.15) is 0 Å². The van der Waals surface area contributed by atoms with Crippen LogP contribution in [0.5, 0.6) is 0 Å². The van der Waals surface area contributed by atoms with Crippen LogP contribution in [0.15, 0.2) is 42.5 Å². The van der Waals surface area contributed by atoms with Gasteiger partial charge in [-0.25, -0.2) is 4.39 Å². The summed E-state index contributed by atoms with van der Waals surface area (Å²) in [6.07, 6.45) is -1.39. The first-order valence-corrected chi connectivity index (χ1v) is 6.62. The van der Waals surface area contributed by atoms with Crippen LogP contribution in [0.4, 0.5) is 10.1 Å². The monoisotopic (exact) mass is 308 g/mol.